The van der Waals surface area contributed by atoms with E-state index < -0.39 is 0 Å². The summed E-state index contributed by atoms with van der Waals surface area (Å²) in [4.78, 5) is 18.3. The van der Waals surface area contributed by atoms with Crippen LogP contribution in [0, 0.1) is 5.82 Å². The molecule has 0 saturated carbocycles. The number of carbonyl (C=O) groups excluding carboxylic acids is 1. The molecule has 29 heavy (non-hydrogen) atoms. The fourth-order valence-electron chi connectivity index (χ4n) is 3.14. The molecule has 1 aliphatic rings. The Balaban J connectivity index is 1.37. The van der Waals surface area contributed by atoms with Crippen LogP contribution >= 0.6 is 0 Å². The highest BCUT2D eigenvalue weighted by Gasteiger charge is 2.29. The maximum Gasteiger partial charge on any atom is 0.251 e. The standard InChI is InChI=1S/C22H21FN4O2/c1-24-22(28)15-3-2-4-17(11-15)26-21-12-18(9-10-25-21)27-13-20(14-27)29-19-7-5-16(23)6-8-19/h2-12,20H,13-14H2,1H3,(H,24,28)(H,25,26). The van der Waals surface area contributed by atoms with E-state index >= 15 is 0 Å². The largest absolute Gasteiger partial charge is 0.487 e. The second kappa shape index (κ2) is 8.18. The van der Waals surface area contributed by atoms with Gasteiger partial charge in [0.15, 0.2) is 0 Å². The van der Waals surface area contributed by atoms with Crippen LogP contribution in [0.2, 0.25) is 0 Å². The Bertz CT molecular complexity index is 1000. The first-order valence-corrected chi connectivity index (χ1v) is 9.33. The van der Waals surface area contributed by atoms with E-state index in [-0.39, 0.29) is 17.8 Å². The number of hydrogen-bond donors (Lipinski definition) is 2. The molecule has 0 atom stereocenters. The van der Waals surface area contributed by atoms with Gasteiger partial charge in [0.25, 0.3) is 5.91 Å². The van der Waals surface area contributed by atoms with E-state index in [9.17, 15) is 9.18 Å². The average molecular weight is 392 g/mol. The van der Waals surface area contributed by atoms with Gasteiger partial charge in [-0.15, -0.1) is 0 Å². The Morgan fingerprint density at radius 1 is 1.14 bits per heavy atom. The van der Waals surface area contributed by atoms with Crippen molar-refractivity contribution in [3.8, 4) is 5.75 Å². The zero-order valence-electron chi connectivity index (χ0n) is 15.9. The van der Waals surface area contributed by atoms with Gasteiger partial charge in [-0.25, -0.2) is 9.37 Å². The number of nitrogens with one attached hydrogen (secondary N) is 2. The number of ether oxygens (including phenoxy) is 1. The van der Waals surface area contributed by atoms with Gasteiger partial charge in [0.1, 0.15) is 23.5 Å². The highest BCUT2D eigenvalue weighted by atomic mass is 19.1. The van der Waals surface area contributed by atoms with Gasteiger partial charge in [0, 0.05) is 36.2 Å². The second-order valence-electron chi connectivity index (χ2n) is 6.78. The minimum Gasteiger partial charge on any atom is -0.487 e. The van der Waals surface area contributed by atoms with Crippen molar-refractivity contribution in [1.29, 1.82) is 0 Å². The second-order valence-corrected chi connectivity index (χ2v) is 6.78. The van der Waals surface area contributed by atoms with Gasteiger partial charge in [0.2, 0.25) is 0 Å². The van der Waals surface area contributed by atoms with Crippen LogP contribution in [0.5, 0.6) is 5.75 Å². The number of aromatic nitrogens is 1. The van der Waals surface area contributed by atoms with E-state index in [4.69, 9.17) is 4.74 Å². The number of benzene rings is 2. The molecule has 0 aliphatic carbocycles. The molecule has 2 aromatic carbocycles. The molecule has 1 aliphatic heterocycles. The van der Waals surface area contributed by atoms with Gasteiger partial charge < -0.3 is 20.3 Å². The summed E-state index contributed by atoms with van der Waals surface area (Å²) in [5.74, 6) is 0.956. The van der Waals surface area contributed by atoms with Gasteiger partial charge in [-0.1, -0.05) is 6.07 Å². The zero-order chi connectivity index (χ0) is 20.2. The third kappa shape index (κ3) is 4.45. The van der Waals surface area contributed by atoms with E-state index in [1.807, 2.05) is 24.3 Å². The Hall–Kier alpha value is -3.61. The van der Waals surface area contributed by atoms with Crippen molar-refractivity contribution in [3.05, 3.63) is 78.2 Å². The van der Waals surface area contributed by atoms with Crippen molar-refractivity contribution in [3.63, 3.8) is 0 Å². The van der Waals surface area contributed by atoms with Crippen LogP contribution in [0.25, 0.3) is 0 Å². The molecule has 1 aromatic heterocycles. The van der Waals surface area contributed by atoms with E-state index in [0.29, 0.717) is 17.1 Å². The van der Waals surface area contributed by atoms with Crippen LogP contribution in [0.1, 0.15) is 10.4 Å². The summed E-state index contributed by atoms with van der Waals surface area (Å²) in [6, 6.07) is 17.2. The Labute approximate surface area is 168 Å². The summed E-state index contributed by atoms with van der Waals surface area (Å²) in [6.07, 6.45) is 1.81. The predicted molar refractivity (Wildman–Crippen MR) is 110 cm³/mol. The lowest BCUT2D eigenvalue weighted by Crippen LogP contribution is -2.54. The molecule has 0 spiro atoms. The van der Waals surface area contributed by atoms with E-state index in [2.05, 4.69) is 20.5 Å². The Morgan fingerprint density at radius 3 is 2.69 bits per heavy atom. The number of hydrogen-bond acceptors (Lipinski definition) is 5. The van der Waals surface area contributed by atoms with Crippen LogP contribution < -0.4 is 20.3 Å². The van der Waals surface area contributed by atoms with Gasteiger partial charge in [-0.2, -0.15) is 0 Å². The van der Waals surface area contributed by atoms with Crippen molar-refractivity contribution in [1.82, 2.24) is 10.3 Å². The third-order valence-electron chi connectivity index (χ3n) is 4.70. The molecule has 0 bridgehead atoms. The van der Waals surface area contributed by atoms with Crippen molar-refractivity contribution in [2.45, 2.75) is 6.10 Å². The molecule has 2 N–H and O–H groups in total. The number of pyridine rings is 1. The molecular formula is C22H21FN4O2. The molecule has 6 nitrogen and oxygen atoms in total. The molecule has 0 unspecified atom stereocenters. The first-order chi connectivity index (χ1) is 14.1. The summed E-state index contributed by atoms with van der Waals surface area (Å²) >= 11 is 0. The third-order valence-corrected chi connectivity index (χ3v) is 4.70. The smallest absolute Gasteiger partial charge is 0.251 e. The van der Waals surface area contributed by atoms with Gasteiger partial charge in [-0.3, -0.25) is 4.79 Å². The predicted octanol–water partition coefficient (Wildman–Crippen LogP) is 3.59. The van der Waals surface area contributed by atoms with Crippen LogP contribution in [-0.2, 0) is 0 Å². The summed E-state index contributed by atoms with van der Waals surface area (Å²) in [6.45, 7) is 1.49. The first kappa shape index (κ1) is 18.7. The fraction of sp³-hybridized carbons (Fsp3) is 0.182. The van der Waals surface area contributed by atoms with Gasteiger partial charge >= 0.3 is 0 Å². The minimum atomic E-state index is -0.273. The van der Waals surface area contributed by atoms with Crippen LogP contribution in [0.15, 0.2) is 66.9 Å². The molecule has 7 heteroatoms. The molecule has 0 radical (unpaired) electrons. The van der Waals surface area contributed by atoms with E-state index in [1.165, 1.54) is 12.1 Å². The number of carbonyl (C=O) groups is 1. The monoisotopic (exact) mass is 392 g/mol. The van der Waals surface area contributed by atoms with Crippen LogP contribution in [-0.4, -0.2) is 37.1 Å². The number of rotatable bonds is 6. The highest BCUT2D eigenvalue weighted by Crippen LogP contribution is 2.27. The van der Waals surface area contributed by atoms with E-state index in [0.717, 1.165) is 24.5 Å². The fourth-order valence-corrected chi connectivity index (χ4v) is 3.14. The lowest BCUT2D eigenvalue weighted by molar-refractivity contribution is 0.0963. The molecule has 3 aromatic rings. The van der Waals surface area contributed by atoms with Crippen molar-refractivity contribution < 1.29 is 13.9 Å². The van der Waals surface area contributed by atoms with Crippen LogP contribution in [0.3, 0.4) is 0 Å². The molecule has 4 rings (SSSR count). The topological polar surface area (TPSA) is 66.5 Å². The highest BCUT2D eigenvalue weighted by molar-refractivity contribution is 5.95. The molecule has 1 amide bonds. The lowest BCUT2D eigenvalue weighted by Gasteiger charge is -2.40. The maximum absolute atomic E-state index is 13.0. The van der Waals surface area contributed by atoms with Gasteiger partial charge in [0.05, 0.1) is 13.1 Å². The van der Waals surface area contributed by atoms with Crippen LogP contribution in [0.4, 0.5) is 21.6 Å². The zero-order valence-corrected chi connectivity index (χ0v) is 15.9. The SMILES string of the molecule is CNC(=O)c1cccc(Nc2cc(N3CC(Oc4ccc(F)cc4)C3)ccn2)c1. The quantitative estimate of drug-likeness (QED) is 0.671. The number of amides is 1. The van der Waals surface area contributed by atoms with Gasteiger partial charge in [-0.05, 0) is 48.5 Å². The molecule has 1 saturated heterocycles. The van der Waals surface area contributed by atoms with Crippen molar-refractivity contribution in [2.75, 3.05) is 30.4 Å². The summed E-state index contributed by atoms with van der Waals surface area (Å²) < 4.78 is 18.8. The average Bonchev–Trinajstić information content (AvgIpc) is 2.71. The molecule has 148 valence electrons. The Kier molecular flexibility index (Phi) is 5.29. The number of anilines is 3. The summed E-state index contributed by atoms with van der Waals surface area (Å²) in [5.41, 5.74) is 2.40. The Morgan fingerprint density at radius 2 is 1.93 bits per heavy atom. The number of halogens is 1. The van der Waals surface area contributed by atoms with Crippen molar-refractivity contribution in [2.24, 2.45) is 0 Å². The number of nitrogens with zero attached hydrogens (tertiary/aromatic N) is 2. The molecule has 1 fully saturated rings. The first-order valence-electron chi connectivity index (χ1n) is 9.33. The summed E-state index contributed by atoms with van der Waals surface area (Å²) in [5, 5.41) is 5.85. The molecule has 2 heterocycles. The minimum absolute atomic E-state index is 0.0641. The van der Waals surface area contributed by atoms with E-state index in [1.54, 1.807) is 37.5 Å². The maximum atomic E-state index is 13.0. The normalized spacial score (nSPS) is 13.5. The molecular weight excluding hydrogens is 371 g/mol. The van der Waals surface area contributed by atoms with Crippen molar-refractivity contribution >= 4 is 23.1 Å². The lowest BCUT2D eigenvalue weighted by atomic mass is 10.1. The summed E-state index contributed by atoms with van der Waals surface area (Å²) in [7, 11) is 1.60.